The number of halogens is 1. The predicted octanol–water partition coefficient (Wildman–Crippen LogP) is 3.42. The van der Waals surface area contributed by atoms with Gasteiger partial charge in [0, 0.05) is 30.7 Å². The molecule has 2 heterocycles. The predicted molar refractivity (Wildman–Crippen MR) is 105 cm³/mol. The molecule has 144 valence electrons. The fourth-order valence-electron chi connectivity index (χ4n) is 3.07. The molecule has 1 amide bonds. The number of nitrogens with one attached hydrogen (secondary N) is 1. The van der Waals surface area contributed by atoms with Crippen LogP contribution < -0.4 is 5.32 Å². The van der Waals surface area contributed by atoms with E-state index in [1.165, 1.54) is 6.07 Å². The number of thiophene rings is 1. The van der Waals surface area contributed by atoms with Crippen LogP contribution in [0.25, 0.3) is 0 Å². The molecule has 1 atom stereocenters. The molecule has 0 bridgehead atoms. The molecule has 1 fully saturated rings. The minimum absolute atomic E-state index is 0.0208. The molecule has 0 radical (unpaired) electrons. The zero-order valence-electron chi connectivity index (χ0n) is 14.8. The molecular weight excluding hydrogens is 390 g/mol. The van der Waals surface area contributed by atoms with Crippen molar-refractivity contribution in [3.8, 4) is 0 Å². The number of nitro groups is 1. The van der Waals surface area contributed by atoms with Crippen molar-refractivity contribution in [3.05, 3.63) is 60.8 Å². The van der Waals surface area contributed by atoms with E-state index in [9.17, 15) is 14.9 Å². The maximum Gasteiger partial charge on any atom is 0.283 e. The van der Waals surface area contributed by atoms with Gasteiger partial charge in [0.15, 0.2) is 0 Å². The third kappa shape index (κ3) is 4.84. The highest BCUT2D eigenvalue weighted by molar-refractivity contribution is 7.14. The number of hydrogen-bond donors (Lipinski definition) is 1. The van der Waals surface area contributed by atoms with Gasteiger partial charge in [-0.1, -0.05) is 23.7 Å². The Morgan fingerprint density at radius 2 is 2.04 bits per heavy atom. The minimum atomic E-state index is -0.465. The molecule has 0 aliphatic carbocycles. The van der Waals surface area contributed by atoms with Crippen molar-refractivity contribution >= 4 is 34.5 Å². The highest BCUT2D eigenvalue weighted by Gasteiger charge is 2.25. The number of aryl methyl sites for hydroxylation is 1. The molecule has 3 rings (SSSR count). The lowest BCUT2D eigenvalue weighted by Crippen LogP contribution is -2.43. The van der Waals surface area contributed by atoms with Crippen LogP contribution in [0.1, 0.15) is 26.2 Å². The molecule has 1 saturated heterocycles. The van der Waals surface area contributed by atoms with E-state index in [-0.39, 0.29) is 17.6 Å². The van der Waals surface area contributed by atoms with E-state index in [1.54, 1.807) is 6.92 Å². The second-order valence-corrected chi connectivity index (χ2v) is 7.93. The van der Waals surface area contributed by atoms with Crippen LogP contribution in [-0.2, 0) is 4.74 Å². The number of morpholine rings is 1. The van der Waals surface area contributed by atoms with Crippen LogP contribution in [0.5, 0.6) is 0 Å². The van der Waals surface area contributed by atoms with Crippen LogP contribution in [-0.4, -0.2) is 48.6 Å². The molecule has 1 aromatic carbocycles. The van der Waals surface area contributed by atoms with Crippen LogP contribution in [0.2, 0.25) is 5.02 Å². The average Bonchev–Trinajstić information content (AvgIpc) is 3.06. The zero-order chi connectivity index (χ0) is 19.4. The number of hydrogen-bond acceptors (Lipinski definition) is 6. The van der Waals surface area contributed by atoms with Crippen molar-refractivity contribution in [1.82, 2.24) is 10.2 Å². The maximum atomic E-state index is 12.5. The summed E-state index contributed by atoms with van der Waals surface area (Å²) >= 11 is 7.13. The van der Waals surface area contributed by atoms with Crippen molar-refractivity contribution in [2.75, 3.05) is 32.8 Å². The molecule has 1 aromatic heterocycles. The van der Waals surface area contributed by atoms with Gasteiger partial charge < -0.3 is 10.1 Å². The standard InChI is InChI=1S/C18H20ClN3O4S/c1-12-15(22(24)25)10-17(27-12)18(23)20-11-16(21-6-8-26-9-7-21)13-2-4-14(19)5-3-13/h2-5,10,16H,6-9,11H2,1H3,(H,20,23). The summed E-state index contributed by atoms with van der Waals surface area (Å²) in [5.41, 5.74) is 1.03. The summed E-state index contributed by atoms with van der Waals surface area (Å²) in [7, 11) is 0. The van der Waals surface area contributed by atoms with Gasteiger partial charge in [-0.3, -0.25) is 19.8 Å². The van der Waals surface area contributed by atoms with Gasteiger partial charge in [0.1, 0.15) is 0 Å². The lowest BCUT2D eigenvalue weighted by Gasteiger charge is -2.35. The molecule has 1 unspecified atom stereocenters. The molecule has 1 aliphatic rings. The SMILES string of the molecule is Cc1sc(C(=O)NCC(c2ccc(Cl)cc2)N2CCOCC2)cc1[N+](=O)[O-]. The van der Waals surface area contributed by atoms with Gasteiger partial charge in [0.05, 0.1) is 33.9 Å². The van der Waals surface area contributed by atoms with Gasteiger partial charge in [-0.25, -0.2) is 0 Å². The zero-order valence-corrected chi connectivity index (χ0v) is 16.4. The lowest BCUT2D eigenvalue weighted by molar-refractivity contribution is -0.385. The average molecular weight is 410 g/mol. The smallest absolute Gasteiger partial charge is 0.283 e. The number of carbonyl (C=O) groups is 1. The van der Waals surface area contributed by atoms with Crippen LogP contribution in [0.15, 0.2) is 30.3 Å². The second kappa shape index (κ2) is 8.79. The first kappa shape index (κ1) is 19.8. The van der Waals surface area contributed by atoms with Gasteiger partial charge in [-0.05, 0) is 24.6 Å². The topological polar surface area (TPSA) is 84.7 Å². The largest absolute Gasteiger partial charge is 0.379 e. The van der Waals surface area contributed by atoms with E-state index >= 15 is 0 Å². The fraction of sp³-hybridized carbons (Fsp3) is 0.389. The van der Waals surface area contributed by atoms with E-state index in [0.29, 0.717) is 34.5 Å². The van der Waals surface area contributed by atoms with Crippen molar-refractivity contribution < 1.29 is 14.5 Å². The van der Waals surface area contributed by atoms with Crippen LogP contribution >= 0.6 is 22.9 Å². The van der Waals surface area contributed by atoms with Crippen LogP contribution in [0.3, 0.4) is 0 Å². The normalized spacial score (nSPS) is 16.1. The van der Waals surface area contributed by atoms with Gasteiger partial charge in [-0.2, -0.15) is 0 Å². The van der Waals surface area contributed by atoms with Gasteiger partial charge in [0.25, 0.3) is 11.6 Å². The molecular formula is C18H20ClN3O4S. The highest BCUT2D eigenvalue weighted by Crippen LogP contribution is 2.28. The first-order valence-electron chi connectivity index (χ1n) is 8.56. The number of benzene rings is 1. The van der Waals surface area contributed by atoms with E-state index in [2.05, 4.69) is 10.2 Å². The van der Waals surface area contributed by atoms with E-state index in [0.717, 1.165) is 30.0 Å². The molecule has 1 aliphatic heterocycles. The summed E-state index contributed by atoms with van der Waals surface area (Å²) < 4.78 is 5.43. The highest BCUT2D eigenvalue weighted by atomic mass is 35.5. The number of ether oxygens (including phenoxy) is 1. The molecule has 2 aromatic rings. The Kier molecular flexibility index (Phi) is 6.43. The van der Waals surface area contributed by atoms with Crippen molar-refractivity contribution in [2.24, 2.45) is 0 Å². The molecule has 0 saturated carbocycles. The van der Waals surface area contributed by atoms with Crippen molar-refractivity contribution in [3.63, 3.8) is 0 Å². The summed E-state index contributed by atoms with van der Waals surface area (Å²) in [6.07, 6.45) is 0. The van der Waals surface area contributed by atoms with Gasteiger partial charge in [0.2, 0.25) is 0 Å². The Bertz CT molecular complexity index is 819. The summed E-state index contributed by atoms with van der Waals surface area (Å²) in [6, 6.07) is 8.88. The maximum absolute atomic E-state index is 12.5. The van der Waals surface area contributed by atoms with Gasteiger partial charge >= 0.3 is 0 Å². The van der Waals surface area contributed by atoms with Crippen LogP contribution in [0, 0.1) is 17.0 Å². The monoisotopic (exact) mass is 409 g/mol. The summed E-state index contributed by atoms with van der Waals surface area (Å²) in [5, 5.41) is 14.6. The summed E-state index contributed by atoms with van der Waals surface area (Å²) in [4.78, 5) is 26.2. The van der Waals surface area contributed by atoms with Gasteiger partial charge in [-0.15, -0.1) is 11.3 Å². The number of amides is 1. The Morgan fingerprint density at radius 3 is 2.63 bits per heavy atom. The Balaban J connectivity index is 1.73. The molecule has 7 nitrogen and oxygen atoms in total. The minimum Gasteiger partial charge on any atom is -0.379 e. The van der Waals surface area contributed by atoms with Crippen molar-refractivity contribution in [2.45, 2.75) is 13.0 Å². The van der Waals surface area contributed by atoms with Crippen LogP contribution in [0.4, 0.5) is 5.69 Å². The third-order valence-corrected chi connectivity index (χ3v) is 5.80. The summed E-state index contributed by atoms with van der Waals surface area (Å²) in [6.45, 7) is 4.87. The first-order valence-corrected chi connectivity index (χ1v) is 9.75. The number of nitrogens with zero attached hydrogens (tertiary/aromatic N) is 2. The quantitative estimate of drug-likeness (QED) is 0.583. The first-order chi connectivity index (χ1) is 13.0. The number of rotatable bonds is 6. The Hall–Kier alpha value is -2.00. The Labute approximate surface area is 166 Å². The molecule has 0 spiro atoms. The van der Waals surface area contributed by atoms with E-state index in [4.69, 9.17) is 16.3 Å². The number of carbonyl (C=O) groups excluding carboxylic acids is 1. The van der Waals surface area contributed by atoms with E-state index < -0.39 is 4.92 Å². The Morgan fingerprint density at radius 1 is 1.37 bits per heavy atom. The van der Waals surface area contributed by atoms with E-state index in [1.807, 2.05) is 24.3 Å². The second-order valence-electron chi connectivity index (χ2n) is 6.23. The molecule has 27 heavy (non-hydrogen) atoms. The summed E-state index contributed by atoms with van der Waals surface area (Å²) in [5.74, 6) is -0.302. The fourth-order valence-corrected chi connectivity index (χ4v) is 4.10. The lowest BCUT2D eigenvalue weighted by atomic mass is 10.0. The molecule has 9 heteroatoms. The van der Waals surface area contributed by atoms with Crippen molar-refractivity contribution in [1.29, 1.82) is 0 Å². The molecule has 1 N–H and O–H groups in total. The third-order valence-electron chi connectivity index (χ3n) is 4.51.